The summed E-state index contributed by atoms with van der Waals surface area (Å²) < 4.78 is 55.1. The highest BCUT2D eigenvalue weighted by Gasteiger charge is 2.38. The van der Waals surface area contributed by atoms with Gasteiger partial charge in [0.1, 0.15) is 9.79 Å². The number of benzene rings is 4. The lowest BCUT2D eigenvalue weighted by Crippen LogP contribution is -2.29. The Balaban J connectivity index is 2.20. The second-order valence-corrected chi connectivity index (χ2v) is 11.9. The predicted octanol–water partition coefficient (Wildman–Crippen LogP) is 5.17. The molecule has 0 aromatic heterocycles. The molecule has 29 heavy (non-hydrogen) atoms. The van der Waals surface area contributed by atoms with Gasteiger partial charge < -0.3 is 0 Å². The maximum atomic E-state index is 13.2. The quantitative estimate of drug-likeness (QED) is 0.326. The van der Waals surface area contributed by atoms with Crippen molar-refractivity contribution in [2.75, 3.05) is 0 Å². The van der Waals surface area contributed by atoms with Gasteiger partial charge in [-0.05, 0) is 65.5 Å². The van der Waals surface area contributed by atoms with Crippen LogP contribution in [-0.2, 0) is 20.0 Å². The molecule has 4 aromatic carbocycles. The third-order valence-electron chi connectivity index (χ3n) is 4.92. The minimum Gasteiger partial charge on any atom is -0.206 e. The normalized spacial score (nSPS) is 16.9. The van der Waals surface area contributed by atoms with Crippen molar-refractivity contribution in [2.45, 2.75) is 9.79 Å². The summed E-state index contributed by atoms with van der Waals surface area (Å²) in [7, 11) is -8.73. The topological polar surface area (TPSA) is 80.3 Å². The molecule has 0 radical (unpaired) electrons. The fourth-order valence-electron chi connectivity index (χ4n) is 3.84. The molecule has 1 N–H and O–H groups in total. The first-order chi connectivity index (χ1) is 13.7. The molecule has 1 aliphatic rings. The van der Waals surface area contributed by atoms with Gasteiger partial charge in [0.25, 0.3) is 20.0 Å². The number of halogens is 2. The molecule has 146 valence electrons. The zero-order valence-corrected chi connectivity index (χ0v) is 19.3. The summed E-state index contributed by atoms with van der Waals surface area (Å²) in [6, 6.07) is 18.0. The third-order valence-corrected chi connectivity index (χ3v) is 10.4. The van der Waals surface area contributed by atoms with E-state index in [0.29, 0.717) is 30.8 Å². The molecule has 0 bridgehead atoms. The summed E-state index contributed by atoms with van der Waals surface area (Å²) >= 11 is 6.72. The zero-order chi connectivity index (χ0) is 20.6. The molecule has 0 aliphatic carbocycles. The van der Waals surface area contributed by atoms with Crippen molar-refractivity contribution >= 4 is 73.5 Å². The summed E-state index contributed by atoms with van der Waals surface area (Å²) in [6.07, 6.45) is 0. The van der Waals surface area contributed by atoms with Gasteiger partial charge in [-0.2, -0.15) is 0 Å². The number of hydrogen-bond acceptors (Lipinski definition) is 4. The van der Waals surface area contributed by atoms with Crippen molar-refractivity contribution in [3.63, 3.8) is 0 Å². The summed E-state index contributed by atoms with van der Waals surface area (Å²) in [5.41, 5.74) is 0.715. The molecule has 5 rings (SSSR count). The fourth-order valence-corrected chi connectivity index (χ4v) is 9.42. The van der Waals surface area contributed by atoms with Crippen molar-refractivity contribution in [1.29, 1.82) is 0 Å². The maximum Gasteiger partial charge on any atom is 0.255 e. The summed E-state index contributed by atoms with van der Waals surface area (Å²) in [4.78, 5) is -0.191. The Bertz CT molecular complexity index is 1460. The first-order valence-corrected chi connectivity index (χ1v) is 13.0. The summed E-state index contributed by atoms with van der Waals surface area (Å²) in [6.45, 7) is 0. The van der Waals surface area contributed by atoms with Crippen LogP contribution in [0.1, 0.15) is 0 Å². The van der Waals surface area contributed by atoms with E-state index in [-0.39, 0.29) is 9.79 Å². The van der Waals surface area contributed by atoms with Gasteiger partial charge in [0, 0.05) is 20.1 Å². The van der Waals surface area contributed by atoms with Gasteiger partial charge in [-0.15, -0.1) is 4.13 Å². The van der Waals surface area contributed by atoms with Crippen LogP contribution in [0.3, 0.4) is 0 Å². The van der Waals surface area contributed by atoms with Gasteiger partial charge in [-0.25, -0.2) is 16.8 Å². The van der Waals surface area contributed by atoms with Gasteiger partial charge in [0.05, 0.1) is 0 Å². The van der Waals surface area contributed by atoms with E-state index in [4.69, 9.17) is 0 Å². The highest BCUT2D eigenvalue weighted by atomic mass is 79.9. The highest BCUT2D eigenvalue weighted by molar-refractivity contribution is 9.10. The van der Waals surface area contributed by atoms with E-state index in [1.165, 1.54) is 0 Å². The average Bonchev–Trinajstić information content (AvgIpc) is 2.72. The van der Waals surface area contributed by atoms with E-state index >= 15 is 0 Å². The number of sulfonamides is 2. The molecule has 0 spiro atoms. The molecule has 0 fully saturated rings. The van der Waals surface area contributed by atoms with Gasteiger partial charge in [0.15, 0.2) is 0 Å². The standard InChI is InChI=1S/C20H11Br2NO4S2/c21-15-9-11-5-1-3-7-13(11)17-18-14-8-4-2-6-12(14)10-16(22)20(18)29(26,27)23-28(24,25)19(15)17/h1-10,23H. The fraction of sp³-hybridized carbons (Fsp3) is 0. The van der Waals surface area contributed by atoms with Gasteiger partial charge in [-0.1, -0.05) is 48.5 Å². The monoisotopic (exact) mass is 551 g/mol. The maximum absolute atomic E-state index is 13.2. The second kappa shape index (κ2) is 6.36. The Hall–Kier alpha value is -1.78. The van der Waals surface area contributed by atoms with Gasteiger partial charge in [0.2, 0.25) is 0 Å². The van der Waals surface area contributed by atoms with Crippen LogP contribution in [0.4, 0.5) is 0 Å². The van der Waals surface area contributed by atoms with Gasteiger partial charge in [-0.3, -0.25) is 0 Å². The predicted molar refractivity (Wildman–Crippen MR) is 120 cm³/mol. The van der Waals surface area contributed by atoms with E-state index in [1.807, 2.05) is 28.4 Å². The Morgan fingerprint density at radius 1 is 0.621 bits per heavy atom. The first-order valence-electron chi connectivity index (χ1n) is 8.42. The van der Waals surface area contributed by atoms with E-state index in [2.05, 4.69) is 31.9 Å². The minimum absolute atomic E-state index is 0.0956. The molecule has 1 aliphatic heterocycles. The lowest BCUT2D eigenvalue weighted by Gasteiger charge is -2.16. The average molecular weight is 553 g/mol. The van der Waals surface area contributed by atoms with Crippen LogP contribution in [0.5, 0.6) is 0 Å². The van der Waals surface area contributed by atoms with Crippen LogP contribution < -0.4 is 4.13 Å². The van der Waals surface area contributed by atoms with Crippen LogP contribution in [0.15, 0.2) is 79.4 Å². The molecule has 0 amide bonds. The Kier molecular flexibility index (Phi) is 4.21. The molecule has 0 unspecified atom stereocenters. The van der Waals surface area contributed by atoms with Crippen molar-refractivity contribution in [3.8, 4) is 11.1 Å². The first kappa shape index (κ1) is 19.2. The minimum atomic E-state index is -4.37. The molecule has 4 aromatic rings. The Morgan fingerprint density at radius 2 is 1.00 bits per heavy atom. The SMILES string of the molecule is O=S1(=O)NS(=O)(=O)c2c(Br)cc3ccccc3c2-c2c1c(Br)cc1ccccc21. The van der Waals surface area contributed by atoms with Crippen molar-refractivity contribution in [1.82, 2.24) is 4.13 Å². The molecular formula is C20H11Br2NO4S2. The molecule has 0 atom stereocenters. The molecular weight excluding hydrogens is 542 g/mol. The van der Waals surface area contributed by atoms with Crippen LogP contribution in [-0.4, -0.2) is 16.8 Å². The smallest absolute Gasteiger partial charge is 0.206 e. The molecule has 1 heterocycles. The number of fused-ring (bicyclic) bond motifs is 7. The summed E-state index contributed by atoms with van der Waals surface area (Å²) in [5, 5.41) is 2.89. The van der Waals surface area contributed by atoms with Gasteiger partial charge >= 0.3 is 0 Å². The van der Waals surface area contributed by atoms with Crippen LogP contribution >= 0.6 is 31.9 Å². The van der Waals surface area contributed by atoms with E-state index in [1.54, 1.807) is 36.4 Å². The third kappa shape index (κ3) is 2.79. The lowest BCUT2D eigenvalue weighted by molar-refractivity contribution is 0.578. The molecule has 0 saturated heterocycles. The number of rotatable bonds is 0. The lowest BCUT2D eigenvalue weighted by atomic mass is 9.93. The molecule has 9 heteroatoms. The second-order valence-electron chi connectivity index (χ2n) is 6.66. The Morgan fingerprint density at radius 3 is 1.41 bits per heavy atom. The number of hydrogen-bond donors (Lipinski definition) is 1. The van der Waals surface area contributed by atoms with Crippen LogP contribution in [0, 0.1) is 0 Å². The van der Waals surface area contributed by atoms with Crippen molar-refractivity contribution in [2.24, 2.45) is 0 Å². The largest absolute Gasteiger partial charge is 0.255 e. The van der Waals surface area contributed by atoms with Crippen molar-refractivity contribution < 1.29 is 16.8 Å². The van der Waals surface area contributed by atoms with E-state index < -0.39 is 20.0 Å². The van der Waals surface area contributed by atoms with E-state index in [0.717, 1.165) is 10.8 Å². The summed E-state index contributed by atoms with van der Waals surface area (Å²) in [5.74, 6) is 0. The van der Waals surface area contributed by atoms with Crippen LogP contribution in [0.25, 0.3) is 32.7 Å². The number of nitrogens with one attached hydrogen (secondary N) is 1. The molecule has 5 nitrogen and oxygen atoms in total. The zero-order valence-electron chi connectivity index (χ0n) is 14.5. The van der Waals surface area contributed by atoms with Crippen LogP contribution in [0.2, 0.25) is 0 Å². The molecule has 0 saturated carbocycles. The Labute approximate surface area is 184 Å². The van der Waals surface area contributed by atoms with Crippen molar-refractivity contribution in [3.05, 3.63) is 69.6 Å². The van der Waals surface area contributed by atoms with E-state index in [9.17, 15) is 16.8 Å². The highest BCUT2D eigenvalue weighted by Crippen LogP contribution is 2.48.